The number of nitrogens with one attached hydrogen (secondary N) is 2. The lowest BCUT2D eigenvalue weighted by molar-refractivity contribution is 0.0524. The third-order valence-corrected chi connectivity index (χ3v) is 5.46. The van der Waals surface area contributed by atoms with E-state index in [9.17, 15) is 0 Å². The van der Waals surface area contributed by atoms with Crippen molar-refractivity contribution in [2.24, 2.45) is 5.92 Å². The van der Waals surface area contributed by atoms with E-state index >= 15 is 0 Å². The van der Waals surface area contributed by atoms with Gasteiger partial charge in [-0.2, -0.15) is 0 Å². The second-order valence-electron chi connectivity index (χ2n) is 6.76. The van der Waals surface area contributed by atoms with E-state index in [1.54, 1.807) is 7.11 Å². The molecule has 3 rings (SSSR count). The van der Waals surface area contributed by atoms with Gasteiger partial charge in [0.25, 0.3) is 0 Å². The van der Waals surface area contributed by atoms with Crippen LogP contribution in [0.2, 0.25) is 5.02 Å². The van der Waals surface area contributed by atoms with Crippen molar-refractivity contribution in [3.05, 3.63) is 22.7 Å². The molecule has 2 fully saturated rings. The predicted molar refractivity (Wildman–Crippen MR) is 99.8 cm³/mol. The predicted octanol–water partition coefficient (Wildman–Crippen LogP) is 2.99. The first-order valence-electron chi connectivity index (χ1n) is 9.26. The van der Waals surface area contributed by atoms with Gasteiger partial charge in [-0.1, -0.05) is 18.0 Å². The highest BCUT2D eigenvalue weighted by Crippen LogP contribution is 2.37. The lowest BCUT2D eigenvalue weighted by atomic mass is 9.94. The Kier molecular flexibility index (Phi) is 6.82. The summed E-state index contributed by atoms with van der Waals surface area (Å²) in [5.74, 6) is 1.94. The molecule has 1 aliphatic carbocycles. The Bertz CT molecular complexity index is 564. The van der Waals surface area contributed by atoms with Crippen LogP contribution in [-0.4, -0.2) is 45.6 Å². The van der Waals surface area contributed by atoms with Gasteiger partial charge < -0.3 is 24.8 Å². The van der Waals surface area contributed by atoms with Gasteiger partial charge in [0, 0.05) is 25.2 Å². The molecule has 1 aromatic carbocycles. The number of hydrogen-bond acceptors (Lipinski definition) is 5. The summed E-state index contributed by atoms with van der Waals surface area (Å²) in [7, 11) is 1.65. The quantitative estimate of drug-likeness (QED) is 0.774. The summed E-state index contributed by atoms with van der Waals surface area (Å²) in [6.45, 7) is 5.89. The number of ether oxygens (including phenoxy) is 3. The van der Waals surface area contributed by atoms with Crippen LogP contribution in [0.5, 0.6) is 11.5 Å². The summed E-state index contributed by atoms with van der Waals surface area (Å²) < 4.78 is 16.7. The van der Waals surface area contributed by atoms with Crippen molar-refractivity contribution in [2.75, 3.05) is 33.5 Å². The number of methoxy groups -OCH3 is 1. The Morgan fingerprint density at radius 1 is 1.36 bits per heavy atom. The van der Waals surface area contributed by atoms with Gasteiger partial charge in [-0.25, -0.2) is 0 Å². The molecule has 6 heteroatoms. The highest BCUT2D eigenvalue weighted by atomic mass is 35.5. The molecular weight excluding hydrogens is 340 g/mol. The Morgan fingerprint density at radius 3 is 2.96 bits per heavy atom. The third kappa shape index (κ3) is 4.59. The Labute approximate surface area is 155 Å². The summed E-state index contributed by atoms with van der Waals surface area (Å²) >= 11 is 6.38. The molecule has 1 aromatic rings. The van der Waals surface area contributed by atoms with Gasteiger partial charge in [-0.3, -0.25) is 0 Å². The molecule has 0 spiro atoms. The fourth-order valence-electron chi connectivity index (χ4n) is 3.99. The van der Waals surface area contributed by atoms with Crippen molar-refractivity contribution in [2.45, 2.75) is 44.8 Å². The molecule has 25 heavy (non-hydrogen) atoms. The van der Waals surface area contributed by atoms with Gasteiger partial charge in [0.15, 0.2) is 11.5 Å². The van der Waals surface area contributed by atoms with E-state index in [0.29, 0.717) is 41.1 Å². The lowest BCUT2D eigenvalue weighted by Gasteiger charge is -2.33. The van der Waals surface area contributed by atoms with Gasteiger partial charge in [-0.05, 0) is 43.4 Å². The molecule has 0 radical (unpaired) electrons. The monoisotopic (exact) mass is 368 g/mol. The van der Waals surface area contributed by atoms with Crippen molar-refractivity contribution in [3.8, 4) is 11.5 Å². The second kappa shape index (κ2) is 9.08. The zero-order valence-corrected chi connectivity index (χ0v) is 15.9. The minimum Gasteiger partial charge on any atom is -0.493 e. The van der Waals surface area contributed by atoms with Crippen LogP contribution < -0.4 is 20.1 Å². The van der Waals surface area contributed by atoms with Crippen LogP contribution in [0.3, 0.4) is 0 Å². The van der Waals surface area contributed by atoms with Crippen molar-refractivity contribution in [3.63, 3.8) is 0 Å². The molecule has 2 N–H and O–H groups in total. The van der Waals surface area contributed by atoms with Crippen LogP contribution >= 0.6 is 11.6 Å². The molecule has 1 aliphatic heterocycles. The average molecular weight is 369 g/mol. The molecule has 5 nitrogen and oxygen atoms in total. The van der Waals surface area contributed by atoms with Gasteiger partial charge in [0.1, 0.15) is 0 Å². The van der Waals surface area contributed by atoms with E-state index in [4.69, 9.17) is 25.8 Å². The van der Waals surface area contributed by atoms with E-state index in [1.165, 1.54) is 19.3 Å². The molecule has 1 saturated heterocycles. The average Bonchev–Trinajstić information content (AvgIpc) is 3.11. The molecule has 3 atom stereocenters. The van der Waals surface area contributed by atoms with E-state index in [2.05, 4.69) is 10.6 Å². The van der Waals surface area contributed by atoms with Crippen LogP contribution in [0.25, 0.3) is 0 Å². The number of rotatable bonds is 7. The Balaban J connectivity index is 1.63. The van der Waals surface area contributed by atoms with E-state index in [-0.39, 0.29) is 0 Å². The molecule has 140 valence electrons. The molecule has 0 bridgehead atoms. The number of morpholine rings is 1. The van der Waals surface area contributed by atoms with Gasteiger partial charge in [-0.15, -0.1) is 0 Å². The summed E-state index contributed by atoms with van der Waals surface area (Å²) in [6.07, 6.45) is 3.74. The van der Waals surface area contributed by atoms with Crippen molar-refractivity contribution in [1.82, 2.24) is 10.6 Å². The van der Waals surface area contributed by atoms with Crippen molar-refractivity contribution in [1.29, 1.82) is 0 Å². The Morgan fingerprint density at radius 2 is 2.24 bits per heavy atom. The fraction of sp³-hybridized carbons (Fsp3) is 0.684. The van der Waals surface area contributed by atoms with Crippen LogP contribution in [0.15, 0.2) is 12.1 Å². The maximum atomic E-state index is 6.38. The lowest BCUT2D eigenvalue weighted by Crippen LogP contribution is -2.50. The number of hydrogen-bond donors (Lipinski definition) is 2. The first-order chi connectivity index (χ1) is 12.2. The van der Waals surface area contributed by atoms with Gasteiger partial charge in [0.05, 0.1) is 32.0 Å². The van der Waals surface area contributed by atoms with E-state index in [1.807, 2.05) is 19.1 Å². The van der Waals surface area contributed by atoms with Crippen LogP contribution in [0, 0.1) is 5.92 Å². The first kappa shape index (κ1) is 18.8. The highest BCUT2D eigenvalue weighted by Gasteiger charge is 2.34. The summed E-state index contributed by atoms with van der Waals surface area (Å²) in [5.41, 5.74) is 1.11. The van der Waals surface area contributed by atoms with Gasteiger partial charge in [0.2, 0.25) is 0 Å². The summed E-state index contributed by atoms with van der Waals surface area (Å²) in [4.78, 5) is 0. The third-order valence-electron chi connectivity index (χ3n) is 5.18. The molecule has 1 heterocycles. The van der Waals surface area contributed by atoms with Gasteiger partial charge >= 0.3 is 0 Å². The minimum absolute atomic E-state index is 0.465. The normalized spacial score (nSPS) is 26.6. The maximum Gasteiger partial charge on any atom is 0.179 e. The van der Waals surface area contributed by atoms with Crippen LogP contribution in [0.4, 0.5) is 0 Å². The smallest absolute Gasteiger partial charge is 0.179 e. The minimum atomic E-state index is 0.465. The Hall–Kier alpha value is -1.01. The first-order valence-corrected chi connectivity index (χ1v) is 9.64. The summed E-state index contributed by atoms with van der Waals surface area (Å²) in [6, 6.07) is 4.95. The number of benzene rings is 1. The van der Waals surface area contributed by atoms with Crippen LogP contribution in [-0.2, 0) is 11.3 Å². The standard InChI is InChI=1S/C19H29ClN2O3/c1-3-25-19-15(20)9-13(10-18(19)23-2)11-22-16-6-4-5-14(16)17-12-24-8-7-21-17/h9-10,14,16-17,21-22H,3-8,11-12H2,1-2H3. The van der Waals surface area contributed by atoms with E-state index < -0.39 is 0 Å². The fourth-order valence-corrected chi connectivity index (χ4v) is 4.28. The summed E-state index contributed by atoms with van der Waals surface area (Å²) in [5, 5.41) is 7.94. The SMILES string of the molecule is CCOc1c(Cl)cc(CNC2CCCC2C2COCCN2)cc1OC. The molecule has 0 aromatic heterocycles. The molecular formula is C19H29ClN2O3. The molecule has 3 unspecified atom stereocenters. The van der Waals surface area contributed by atoms with Crippen molar-refractivity contribution >= 4 is 11.6 Å². The van der Waals surface area contributed by atoms with E-state index in [0.717, 1.165) is 31.9 Å². The number of halogens is 1. The second-order valence-corrected chi connectivity index (χ2v) is 7.17. The topological polar surface area (TPSA) is 51.8 Å². The molecule has 2 aliphatic rings. The largest absolute Gasteiger partial charge is 0.493 e. The zero-order chi connectivity index (χ0) is 17.6. The maximum absolute atomic E-state index is 6.38. The molecule has 0 amide bonds. The van der Waals surface area contributed by atoms with Crippen LogP contribution in [0.1, 0.15) is 31.7 Å². The highest BCUT2D eigenvalue weighted by molar-refractivity contribution is 6.32. The van der Waals surface area contributed by atoms with Crippen molar-refractivity contribution < 1.29 is 14.2 Å². The molecule has 1 saturated carbocycles. The zero-order valence-electron chi connectivity index (χ0n) is 15.1.